The molecule has 0 unspecified atom stereocenters. The molecule has 3 rings (SSSR count). The Bertz CT molecular complexity index is 816. The number of halogens is 1. The van der Waals surface area contributed by atoms with Gasteiger partial charge in [0, 0.05) is 10.4 Å². The molecule has 0 saturated carbocycles. The number of carbonyl (C=O) groups is 1. The van der Waals surface area contributed by atoms with Crippen LogP contribution in [-0.4, -0.2) is 21.3 Å². The molecule has 106 valence electrons. The van der Waals surface area contributed by atoms with Crippen LogP contribution in [0.25, 0.3) is 10.9 Å². The van der Waals surface area contributed by atoms with Gasteiger partial charge in [0.05, 0.1) is 5.52 Å². The van der Waals surface area contributed by atoms with Crippen molar-refractivity contribution in [2.75, 3.05) is 0 Å². The quantitative estimate of drug-likeness (QED) is 0.692. The number of benzene rings is 1. The van der Waals surface area contributed by atoms with Gasteiger partial charge in [-0.1, -0.05) is 34.0 Å². The Labute approximate surface area is 124 Å². The summed E-state index contributed by atoms with van der Waals surface area (Å²) in [4.78, 5) is 16.2. The number of ether oxygens (including phenoxy) is 1. The van der Waals surface area contributed by atoms with Crippen molar-refractivity contribution in [2.45, 2.75) is 13.5 Å². The summed E-state index contributed by atoms with van der Waals surface area (Å²) in [7, 11) is 0. The summed E-state index contributed by atoms with van der Waals surface area (Å²) in [6.45, 7) is 1.71. The highest BCUT2D eigenvalue weighted by atomic mass is 35.5. The molecule has 0 aliphatic carbocycles. The van der Waals surface area contributed by atoms with Crippen LogP contribution in [0, 0.1) is 6.92 Å². The van der Waals surface area contributed by atoms with Crippen LogP contribution in [0.3, 0.4) is 0 Å². The third-order valence-corrected chi connectivity index (χ3v) is 3.18. The van der Waals surface area contributed by atoms with Crippen molar-refractivity contribution < 1.29 is 14.2 Å². The van der Waals surface area contributed by atoms with E-state index in [1.807, 2.05) is 6.07 Å². The molecule has 0 spiro atoms. The van der Waals surface area contributed by atoms with Gasteiger partial charge in [0.15, 0.2) is 0 Å². The van der Waals surface area contributed by atoms with Crippen LogP contribution in [0.5, 0.6) is 0 Å². The number of aryl methyl sites for hydroxylation is 1. The van der Waals surface area contributed by atoms with Crippen LogP contribution < -0.4 is 0 Å². The van der Waals surface area contributed by atoms with Crippen molar-refractivity contribution >= 4 is 28.5 Å². The molecule has 1 aromatic carbocycles. The maximum Gasteiger partial charge on any atom is 0.357 e. The number of hydrogen-bond donors (Lipinski definition) is 0. The highest BCUT2D eigenvalue weighted by molar-refractivity contribution is 6.31. The minimum atomic E-state index is -0.542. The molecule has 0 fully saturated rings. The van der Waals surface area contributed by atoms with Gasteiger partial charge >= 0.3 is 5.97 Å². The third kappa shape index (κ3) is 2.85. The lowest BCUT2D eigenvalue weighted by molar-refractivity contribution is 0.0457. The van der Waals surface area contributed by atoms with Gasteiger partial charge < -0.3 is 4.74 Å². The lowest BCUT2D eigenvalue weighted by Crippen LogP contribution is -2.08. The first-order chi connectivity index (χ1) is 10.1. The summed E-state index contributed by atoms with van der Waals surface area (Å²) in [5, 5.41) is 8.71. The molecule has 2 heterocycles. The maximum atomic E-state index is 12.0. The van der Waals surface area contributed by atoms with Gasteiger partial charge in [-0.3, -0.25) is 0 Å². The minimum Gasteiger partial charge on any atom is -0.454 e. The molecule has 0 radical (unpaired) electrons. The summed E-state index contributed by atoms with van der Waals surface area (Å²) in [5.41, 5.74) is 1.91. The van der Waals surface area contributed by atoms with Gasteiger partial charge in [0.2, 0.25) is 0 Å². The standard InChI is InChI=1S/C14H10ClN3O3/c1-8-13(18-21-17-8)7-20-14(19)11-5-3-9-2-4-10(15)6-12(9)16-11/h2-6H,7H2,1H3. The maximum absolute atomic E-state index is 12.0. The first kappa shape index (κ1) is 13.5. The van der Waals surface area contributed by atoms with E-state index in [1.54, 1.807) is 31.2 Å². The number of aromatic nitrogens is 3. The van der Waals surface area contributed by atoms with Crippen molar-refractivity contribution in [3.8, 4) is 0 Å². The molecule has 3 aromatic rings. The number of hydrogen-bond acceptors (Lipinski definition) is 6. The van der Waals surface area contributed by atoms with E-state index in [0.29, 0.717) is 21.9 Å². The molecule has 0 aliphatic rings. The fourth-order valence-corrected chi connectivity index (χ4v) is 1.96. The molecular formula is C14H10ClN3O3. The summed E-state index contributed by atoms with van der Waals surface area (Å²) in [6.07, 6.45) is 0. The fraction of sp³-hybridized carbons (Fsp3) is 0.143. The van der Waals surface area contributed by atoms with E-state index in [9.17, 15) is 4.79 Å². The van der Waals surface area contributed by atoms with E-state index < -0.39 is 5.97 Å². The zero-order valence-corrected chi connectivity index (χ0v) is 11.8. The number of rotatable bonds is 3. The Kier molecular flexibility index (Phi) is 3.53. The number of nitrogens with zero attached hydrogens (tertiary/aromatic N) is 3. The number of carbonyl (C=O) groups excluding carboxylic acids is 1. The lowest BCUT2D eigenvalue weighted by atomic mass is 10.2. The highest BCUT2D eigenvalue weighted by Gasteiger charge is 2.13. The topological polar surface area (TPSA) is 78.1 Å². The van der Waals surface area contributed by atoms with Crippen molar-refractivity contribution in [2.24, 2.45) is 0 Å². The molecule has 0 bridgehead atoms. The average Bonchev–Trinajstić information content (AvgIpc) is 2.89. The fourth-order valence-electron chi connectivity index (χ4n) is 1.79. The van der Waals surface area contributed by atoms with Gasteiger partial charge in [-0.15, -0.1) is 0 Å². The Morgan fingerprint density at radius 3 is 2.86 bits per heavy atom. The SMILES string of the molecule is Cc1nonc1COC(=O)c1ccc2ccc(Cl)cc2n1. The molecular weight excluding hydrogens is 294 g/mol. The van der Waals surface area contributed by atoms with Gasteiger partial charge in [-0.05, 0) is 25.1 Å². The zero-order chi connectivity index (χ0) is 14.8. The average molecular weight is 304 g/mol. The number of pyridine rings is 1. The molecule has 0 saturated heterocycles. The summed E-state index contributed by atoms with van der Waals surface area (Å²) in [6, 6.07) is 8.69. The lowest BCUT2D eigenvalue weighted by Gasteiger charge is -2.04. The Balaban J connectivity index is 1.79. The van der Waals surface area contributed by atoms with Gasteiger partial charge in [-0.25, -0.2) is 14.4 Å². The smallest absolute Gasteiger partial charge is 0.357 e. The van der Waals surface area contributed by atoms with Crippen LogP contribution >= 0.6 is 11.6 Å². The first-order valence-corrected chi connectivity index (χ1v) is 6.53. The van der Waals surface area contributed by atoms with Crippen molar-refractivity contribution in [3.05, 3.63) is 52.4 Å². The molecule has 0 amide bonds. The predicted molar refractivity (Wildman–Crippen MR) is 74.9 cm³/mol. The van der Waals surface area contributed by atoms with Gasteiger partial charge in [0.25, 0.3) is 0 Å². The van der Waals surface area contributed by atoms with Gasteiger partial charge in [-0.2, -0.15) is 0 Å². The van der Waals surface area contributed by atoms with Crippen molar-refractivity contribution in [1.29, 1.82) is 0 Å². The minimum absolute atomic E-state index is 0.0105. The molecule has 0 aliphatic heterocycles. The molecule has 2 aromatic heterocycles. The van der Waals surface area contributed by atoms with Crippen LogP contribution in [0.15, 0.2) is 35.0 Å². The van der Waals surface area contributed by atoms with E-state index in [-0.39, 0.29) is 12.3 Å². The second kappa shape index (κ2) is 5.49. The largest absolute Gasteiger partial charge is 0.454 e. The molecule has 21 heavy (non-hydrogen) atoms. The summed E-state index contributed by atoms with van der Waals surface area (Å²) in [5.74, 6) is -0.542. The normalized spacial score (nSPS) is 10.8. The van der Waals surface area contributed by atoms with E-state index in [1.165, 1.54) is 0 Å². The van der Waals surface area contributed by atoms with E-state index in [4.69, 9.17) is 16.3 Å². The first-order valence-electron chi connectivity index (χ1n) is 6.15. The molecule has 6 nitrogen and oxygen atoms in total. The summed E-state index contributed by atoms with van der Waals surface area (Å²) >= 11 is 5.91. The molecule has 0 atom stereocenters. The van der Waals surface area contributed by atoms with Crippen LogP contribution in [0.2, 0.25) is 5.02 Å². The van der Waals surface area contributed by atoms with Crippen LogP contribution in [0.4, 0.5) is 0 Å². The summed E-state index contributed by atoms with van der Waals surface area (Å²) < 4.78 is 9.67. The van der Waals surface area contributed by atoms with E-state index in [2.05, 4.69) is 19.9 Å². The van der Waals surface area contributed by atoms with Gasteiger partial charge in [0.1, 0.15) is 23.7 Å². The van der Waals surface area contributed by atoms with E-state index in [0.717, 1.165) is 5.39 Å². The monoisotopic (exact) mass is 303 g/mol. The number of fused-ring (bicyclic) bond motifs is 1. The highest BCUT2D eigenvalue weighted by Crippen LogP contribution is 2.18. The Hall–Kier alpha value is -2.47. The predicted octanol–water partition coefficient (Wildman–Crippen LogP) is 2.94. The third-order valence-electron chi connectivity index (χ3n) is 2.95. The second-order valence-corrected chi connectivity index (χ2v) is 4.84. The number of esters is 1. The second-order valence-electron chi connectivity index (χ2n) is 4.41. The Morgan fingerprint density at radius 1 is 1.29 bits per heavy atom. The van der Waals surface area contributed by atoms with E-state index >= 15 is 0 Å². The Morgan fingerprint density at radius 2 is 2.10 bits per heavy atom. The van der Waals surface area contributed by atoms with Crippen LogP contribution in [-0.2, 0) is 11.3 Å². The van der Waals surface area contributed by atoms with Crippen LogP contribution in [0.1, 0.15) is 21.9 Å². The molecule has 0 N–H and O–H groups in total. The van der Waals surface area contributed by atoms with Crippen molar-refractivity contribution in [1.82, 2.24) is 15.3 Å². The van der Waals surface area contributed by atoms with Crippen molar-refractivity contribution in [3.63, 3.8) is 0 Å². The molecule has 7 heteroatoms. The zero-order valence-electron chi connectivity index (χ0n) is 11.0.